The van der Waals surface area contributed by atoms with E-state index in [1.165, 1.54) is 5.56 Å². The second-order valence-corrected chi connectivity index (χ2v) is 4.07. The summed E-state index contributed by atoms with van der Waals surface area (Å²) in [6, 6.07) is 2.02. The van der Waals surface area contributed by atoms with Crippen LogP contribution in [0.25, 0.3) is 0 Å². The Bertz CT molecular complexity index is 366. The number of carbonyl (C=O) groups is 1. The maximum absolute atomic E-state index is 9.12. The molecule has 0 saturated carbocycles. The number of quaternary nitrogens is 1. The van der Waals surface area contributed by atoms with E-state index >= 15 is 0 Å². The molecule has 0 aromatic heterocycles. The fourth-order valence-corrected chi connectivity index (χ4v) is 1.33. The third-order valence-electron chi connectivity index (χ3n) is 2.22. The first-order valence-electron chi connectivity index (χ1n) is 4.65. The zero-order chi connectivity index (χ0) is 12.9. The number of carbonyl (C=O) groups excluding carboxylic acids is 1. The van der Waals surface area contributed by atoms with Crippen LogP contribution in [0.1, 0.15) is 16.7 Å². The topological polar surface area (TPSA) is 67.8 Å². The highest BCUT2D eigenvalue weighted by atomic mass is 35.5. The van der Waals surface area contributed by atoms with Gasteiger partial charge in [0.15, 0.2) is 0 Å². The van der Waals surface area contributed by atoms with Gasteiger partial charge in [0.05, 0.1) is 11.8 Å². The van der Waals surface area contributed by atoms with Crippen molar-refractivity contribution in [2.75, 3.05) is 5.88 Å². The number of carboxylic acids is 1. The van der Waals surface area contributed by atoms with E-state index in [9.17, 15) is 0 Å². The first-order valence-corrected chi connectivity index (χ1v) is 5.56. The molecule has 1 aromatic rings. The maximum Gasteiger partial charge on any atom is 0.131 e. The Morgan fingerprint density at radius 1 is 1.38 bits per heavy atom. The molecule has 1 rings (SSSR count). The van der Waals surface area contributed by atoms with Gasteiger partial charge in [0, 0.05) is 16.7 Å². The summed E-state index contributed by atoms with van der Waals surface area (Å²) in [5.74, 6) is -1.65. The van der Waals surface area contributed by atoms with E-state index in [0.717, 1.165) is 21.8 Å². The summed E-state index contributed by atoms with van der Waals surface area (Å²) in [7, 11) is 0. The molecule has 0 amide bonds. The van der Waals surface area contributed by atoms with Crippen LogP contribution in [0.3, 0.4) is 0 Å². The van der Waals surface area contributed by atoms with Gasteiger partial charge in [-0.3, -0.25) is 0 Å². The van der Waals surface area contributed by atoms with Crippen LogP contribution in [-0.2, 0) is 4.79 Å². The largest absolute Gasteiger partial charge is 0.549 e. The van der Waals surface area contributed by atoms with Gasteiger partial charge in [0.1, 0.15) is 5.69 Å². The second kappa shape index (κ2) is 6.74. The monoisotopic (exact) mass is 263 g/mol. The van der Waals surface area contributed by atoms with Gasteiger partial charge in [-0.05, 0) is 31.9 Å². The first-order chi connectivity index (χ1) is 7.31. The summed E-state index contributed by atoms with van der Waals surface area (Å²) < 4.78 is 0. The van der Waals surface area contributed by atoms with Gasteiger partial charge in [-0.2, -0.15) is 0 Å². The van der Waals surface area contributed by atoms with E-state index in [2.05, 4.69) is 17.3 Å². The van der Waals surface area contributed by atoms with E-state index in [4.69, 9.17) is 21.5 Å². The lowest BCUT2D eigenvalue weighted by atomic mass is 10.0. The zero-order valence-corrected chi connectivity index (χ0v) is 11.1. The van der Waals surface area contributed by atoms with Crippen molar-refractivity contribution < 1.29 is 15.6 Å². The first kappa shape index (κ1) is 15.2. The highest BCUT2D eigenvalue weighted by molar-refractivity contribution is 6.32. The molecule has 5 heteroatoms. The summed E-state index contributed by atoms with van der Waals surface area (Å²) in [5, 5.41) is 10.00. The third kappa shape index (κ3) is 4.39. The number of alkyl halides is 1. The summed E-state index contributed by atoms with van der Waals surface area (Å²) in [6.45, 7) is 6.08. The summed E-state index contributed by atoms with van der Waals surface area (Å²) in [5.41, 5.74) is 8.45. The number of aryl methyl sites for hydroxylation is 1. The second-order valence-electron chi connectivity index (χ2n) is 3.42. The van der Waals surface area contributed by atoms with Crippen LogP contribution >= 0.6 is 23.2 Å². The Balaban J connectivity index is 0.000000385. The number of carboxylic acid groups (broad SMARTS) is 1. The quantitative estimate of drug-likeness (QED) is 0.772. The number of hydrogen-bond donors (Lipinski definition) is 1. The molecule has 0 aliphatic rings. The average Bonchev–Trinajstić information content (AvgIpc) is 2.24. The third-order valence-corrected chi connectivity index (χ3v) is 3.02. The molecule has 0 spiro atoms. The Morgan fingerprint density at radius 2 is 1.81 bits per heavy atom. The predicted octanol–water partition coefficient (Wildman–Crippen LogP) is 1.11. The Hall–Kier alpha value is -0.770. The van der Waals surface area contributed by atoms with Gasteiger partial charge in [-0.1, -0.05) is 11.6 Å². The lowest BCUT2D eigenvalue weighted by Crippen LogP contribution is -2.41. The van der Waals surface area contributed by atoms with Gasteiger partial charge in [0.25, 0.3) is 0 Å². The van der Waals surface area contributed by atoms with Crippen molar-refractivity contribution in [1.82, 2.24) is 0 Å². The highest BCUT2D eigenvalue weighted by Crippen LogP contribution is 2.26. The van der Waals surface area contributed by atoms with Crippen molar-refractivity contribution in [3.63, 3.8) is 0 Å². The molecule has 0 aliphatic heterocycles. The molecule has 0 heterocycles. The van der Waals surface area contributed by atoms with Crippen LogP contribution in [0.4, 0.5) is 5.69 Å². The smallest absolute Gasteiger partial charge is 0.131 e. The fraction of sp³-hybridized carbons (Fsp3) is 0.364. The van der Waals surface area contributed by atoms with Crippen molar-refractivity contribution >= 4 is 34.9 Å². The average molecular weight is 264 g/mol. The number of aliphatic carboxylic acids is 1. The number of halogens is 2. The predicted molar refractivity (Wildman–Crippen MR) is 63.9 cm³/mol. The molecule has 0 aliphatic carbocycles. The zero-order valence-electron chi connectivity index (χ0n) is 9.56. The molecule has 0 unspecified atom stereocenters. The van der Waals surface area contributed by atoms with E-state index < -0.39 is 11.8 Å². The van der Waals surface area contributed by atoms with Gasteiger partial charge in [-0.25, -0.2) is 0 Å². The van der Waals surface area contributed by atoms with E-state index in [1.54, 1.807) is 0 Å². The van der Waals surface area contributed by atoms with Crippen LogP contribution < -0.4 is 10.8 Å². The molecule has 16 heavy (non-hydrogen) atoms. The summed E-state index contributed by atoms with van der Waals surface area (Å²) in [6.07, 6.45) is 0. The highest BCUT2D eigenvalue weighted by Gasteiger charge is 2.07. The Kier molecular flexibility index (Phi) is 6.41. The van der Waals surface area contributed by atoms with Gasteiger partial charge < -0.3 is 15.6 Å². The van der Waals surface area contributed by atoms with Crippen LogP contribution in [-0.4, -0.2) is 11.8 Å². The number of benzene rings is 1. The molecule has 0 radical (unpaired) electrons. The van der Waals surface area contributed by atoms with Crippen LogP contribution in [0, 0.1) is 20.8 Å². The molecule has 1 aromatic carbocycles. The van der Waals surface area contributed by atoms with E-state index in [0.29, 0.717) is 0 Å². The van der Waals surface area contributed by atoms with Crippen molar-refractivity contribution in [1.29, 1.82) is 0 Å². The van der Waals surface area contributed by atoms with E-state index in [-0.39, 0.29) is 0 Å². The van der Waals surface area contributed by atoms with Crippen molar-refractivity contribution in [2.45, 2.75) is 20.8 Å². The summed E-state index contributed by atoms with van der Waals surface area (Å²) in [4.78, 5) is 9.12. The Labute approximate surface area is 105 Å². The minimum absolute atomic E-state index is 0.417. The molecule has 0 fully saturated rings. The van der Waals surface area contributed by atoms with Gasteiger partial charge in [0.2, 0.25) is 0 Å². The molecule has 90 valence electrons. The minimum atomic E-state index is -1.23. The SMILES string of the molecule is Cc1cc([NH3+])c(C)c(C)c1Cl.O=C([O-])CCl. The lowest BCUT2D eigenvalue weighted by Gasteiger charge is -2.06. The standard InChI is InChI=1S/C9H12ClN.C2H3ClO2/c1-5-4-8(11)6(2)7(3)9(5)10;3-1-2(4)5/h4H,11H2,1-3H3;1H2,(H,4,5). The maximum atomic E-state index is 9.12. The van der Waals surface area contributed by atoms with E-state index in [1.807, 2.05) is 26.8 Å². The fourth-order valence-electron chi connectivity index (χ4n) is 1.13. The molecular formula is C11H15Cl2NO2. The van der Waals surface area contributed by atoms with Crippen molar-refractivity contribution in [3.8, 4) is 0 Å². The van der Waals surface area contributed by atoms with Gasteiger partial charge in [-0.15, -0.1) is 11.6 Å². The van der Waals surface area contributed by atoms with Crippen molar-refractivity contribution in [2.24, 2.45) is 0 Å². The number of rotatable bonds is 1. The van der Waals surface area contributed by atoms with Crippen LogP contribution in [0.2, 0.25) is 5.02 Å². The number of hydrogen-bond acceptors (Lipinski definition) is 2. The van der Waals surface area contributed by atoms with Crippen LogP contribution in [0.15, 0.2) is 6.07 Å². The van der Waals surface area contributed by atoms with Crippen LogP contribution in [0.5, 0.6) is 0 Å². The lowest BCUT2D eigenvalue weighted by molar-refractivity contribution is -0.301. The van der Waals surface area contributed by atoms with Gasteiger partial charge >= 0.3 is 0 Å². The summed E-state index contributed by atoms with van der Waals surface area (Å²) >= 11 is 10.7. The Morgan fingerprint density at radius 3 is 2.19 bits per heavy atom. The molecule has 0 saturated heterocycles. The molecule has 3 N–H and O–H groups in total. The normalized spacial score (nSPS) is 9.38. The molecule has 3 nitrogen and oxygen atoms in total. The van der Waals surface area contributed by atoms with Crippen molar-refractivity contribution in [3.05, 3.63) is 27.8 Å². The molecule has 0 atom stereocenters. The molecular weight excluding hydrogens is 249 g/mol. The molecule has 0 bridgehead atoms. The minimum Gasteiger partial charge on any atom is -0.549 e.